The number of anilines is 3. The standard InChI is InChI=1S/C24H31BrN4O4/c1-24(2,3)33-23(32)29-20(22(31)27-17-10-8-9-16(25)15-17)13-6-7-14-21(30)28-19-12-5-4-11-18(19)26/h4-5,8-12,15,20H,6-7,13-14,26H2,1-3H3,(H,27,31)(H,28,30)(H,29,32)/t20-/m0/s1. The van der Waals surface area contributed by atoms with Gasteiger partial charge in [-0.2, -0.15) is 0 Å². The minimum Gasteiger partial charge on any atom is -0.444 e. The lowest BCUT2D eigenvalue weighted by molar-refractivity contribution is -0.118. The molecule has 9 heteroatoms. The summed E-state index contributed by atoms with van der Waals surface area (Å²) in [4.78, 5) is 37.3. The van der Waals surface area contributed by atoms with Crippen LogP contribution in [-0.4, -0.2) is 29.6 Å². The highest BCUT2D eigenvalue weighted by Gasteiger charge is 2.24. The highest BCUT2D eigenvalue weighted by Crippen LogP contribution is 2.18. The monoisotopic (exact) mass is 518 g/mol. The second kappa shape index (κ2) is 12.2. The van der Waals surface area contributed by atoms with Crippen molar-refractivity contribution in [3.63, 3.8) is 0 Å². The maximum atomic E-state index is 12.8. The number of nitrogens with one attached hydrogen (secondary N) is 3. The Bertz CT molecular complexity index is 975. The van der Waals surface area contributed by atoms with E-state index in [0.717, 1.165) is 4.47 Å². The van der Waals surface area contributed by atoms with Crippen LogP contribution in [0.4, 0.5) is 21.9 Å². The van der Waals surface area contributed by atoms with Crippen molar-refractivity contribution < 1.29 is 19.1 Å². The fraction of sp³-hybridized carbons (Fsp3) is 0.375. The Morgan fingerprint density at radius 2 is 1.76 bits per heavy atom. The predicted octanol–water partition coefficient (Wildman–Crippen LogP) is 5.06. The van der Waals surface area contributed by atoms with Crippen molar-refractivity contribution in [2.24, 2.45) is 0 Å². The highest BCUT2D eigenvalue weighted by atomic mass is 79.9. The molecule has 8 nitrogen and oxygen atoms in total. The molecule has 0 heterocycles. The number of nitrogens with two attached hydrogens (primary N) is 1. The lowest BCUT2D eigenvalue weighted by Crippen LogP contribution is -2.45. The van der Waals surface area contributed by atoms with E-state index in [4.69, 9.17) is 10.5 Å². The molecule has 33 heavy (non-hydrogen) atoms. The summed E-state index contributed by atoms with van der Waals surface area (Å²) in [5.74, 6) is -0.524. The molecule has 0 aliphatic rings. The van der Waals surface area contributed by atoms with E-state index in [0.29, 0.717) is 36.3 Å². The Labute approximate surface area is 202 Å². The molecule has 0 aliphatic carbocycles. The van der Waals surface area contributed by atoms with E-state index in [1.165, 1.54) is 0 Å². The van der Waals surface area contributed by atoms with Gasteiger partial charge in [0, 0.05) is 16.6 Å². The number of hydrogen-bond acceptors (Lipinski definition) is 5. The zero-order valence-electron chi connectivity index (χ0n) is 19.1. The molecule has 0 unspecified atom stereocenters. The number of alkyl carbamates (subject to hydrolysis) is 1. The number of para-hydroxylation sites is 2. The Hall–Kier alpha value is -3.07. The van der Waals surface area contributed by atoms with Gasteiger partial charge in [0.1, 0.15) is 11.6 Å². The predicted molar refractivity (Wildman–Crippen MR) is 134 cm³/mol. The van der Waals surface area contributed by atoms with E-state index >= 15 is 0 Å². The van der Waals surface area contributed by atoms with Gasteiger partial charge in [-0.25, -0.2) is 4.79 Å². The average molecular weight is 519 g/mol. The van der Waals surface area contributed by atoms with Gasteiger partial charge in [0.05, 0.1) is 11.4 Å². The number of ether oxygens (including phenoxy) is 1. The first kappa shape index (κ1) is 26.2. The lowest BCUT2D eigenvalue weighted by atomic mass is 10.1. The summed E-state index contributed by atoms with van der Waals surface area (Å²) in [7, 11) is 0. The minimum atomic E-state index is -0.813. The van der Waals surface area contributed by atoms with E-state index in [-0.39, 0.29) is 18.2 Å². The summed E-state index contributed by atoms with van der Waals surface area (Å²) in [5.41, 5.74) is 6.83. The minimum absolute atomic E-state index is 0.164. The van der Waals surface area contributed by atoms with Crippen LogP contribution in [0, 0.1) is 0 Å². The third-order valence-corrected chi connectivity index (χ3v) is 4.97. The van der Waals surface area contributed by atoms with Crippen molar-refractivity contribution in [1.29, 1.82) is 0 Å². The van der Waals surface area contributed by atoms with Gasteiger partial charge in [0.2, 0.25) is 11.8 Å². The van der Waals surface area contributed by atoms with Crippen molar-refractivity contribution in [1.82, 2.24) is 5.32 Å². The van der Waals surface area contributed by atoms with Crippen molar-refractivity contribution in [3.05, 3.63) is 53.0 Å². The number of hydrogen-bond donors (Lipinski definition) is 4. The van der Waals surface area contributed by atoms with Gasteiger partial charge in [0.15, 0.2) is 0 Å². The maximum absolute atomic E-state index is 12.8. The van der Waals surface area contributed by atoms with Crippen LogP contribution in [0.25, 0.3) is 0 Å². The van der Waals surface area contributed by atoms with Gasteiger partial charge < -0.3 is 26.4 Å². The highest BCUT2D eigenvalue weighted by molar-refractivity contribution is 9.10. The topological polar surface area (TPSA) is 123 Å². The molecule has 178 valence electrons. The van der Waals surface area contributed by atoms with Gasteiger partial charge in [-0.15, -0.1) is 0 Å². The van der Waals surface area contributed by atoms with Crippen LogP contribution in [0.3, 0.4) is 0 Å². The van der Waals surface area contributed by atoms with Gasteiger partial charge in [-0.05, 0) is 63.9 Å². The van der Waals surface area contributed by atoms with Crippen LogP contribution >= 0.6 is 15.9 Å². The number of carbonyl (C=O) groups is 3. The van der Waals surface area contributed by atoms with Crippen molar-refractivity contribution in [2.75, 3.05) is 16.4 Å². The average Bonchev–Trinajstić information content (AvgIpc) is 2.70. The van der Waals surface area contributed by atoms with Crippen molar-refractivity contribution >= 4 is 50.9 Å². The third kappa shape index (κ3) is 9.95. The maximum Gasteiger partial charge on any atom is 0.408 e. The summed E-state index contributed by atoms with van der Waals surface area (Å²) in [6, 6.07) is 13.4. The summed E-state index contributed by atoms with van der Waals surface area (Å²) >= 11 is 3.37. The molecular formula is C24H31BrN4O4. The molecular weight excluding hydrogens is 488 g/mol. The number of unbranched alkanes of at least 4 members (excludes halogenated alkanes) is 1. The van der Waals surface area contributed by atoms with Crippen LogP contribution in [0.1, 0.15) is 46.5 Å². The summed E-state index contributed by atoms with van der Waals surface area (Å²) in [6.45, 7) is 5.25. The number of halogens is 1. The van der Waals surface area contributed by atoms with E-state index < -0.39 is 17.7 Å². The van der Waals surface area contributed by atoms with Gasteiger partial charge in [0.25, 0.3) is 0 Å². The number of benzene rings is 2. The van der Waals surface area contributed by atoms with Crippen LogP contribution < -0.4 is 21.7 Å². The van der Waals surface area contributed by atoms with Crippen LogP contribution in [0.15, 0.2) is 53.0 Å². The van der Waals surface area contributed by atoms with Gasteiger partial charge in [-0.1, -0.05) is 40.5 Å². The van der Waals surface area contributed by atoms with Crippen molar-refractivity contribution in [2.45, 2.75) is 58.1 Å². The van der Waals surface area contributed by atoms with Gasteiger partial charge in [-0.3, -0.25) is 9.59 Å². The molecule has 2 rings (SSSR count). The normalized spacial score (nSPS) is 11.9. The molecule has 0 saturated carbocycles. The smallest absolute Gasteiger partial charge is 0.408 e. The molecule has 0 aliphatic heterocycles. The second-order valence-electron chi connectivity index (χ2n) is 8.58. The molecule has 2 aromatic carbocycles. The SMILES string of the molecule is CC(C)(C)OC(=O)N[C@@H](CCCCC(=O)Nc1ccccc1N)C(=O)Nc1cccc(Br)c1. The molecule has 0 radical (unpaired) electrons. The molecule has 5 N–H and O–H groups in total. The van der Waals surface area contributed by atoms with Crippen LogP contribution in [0.2, 0.25) is 0 Å². The Kier molecular flexibility index (Phi) is 9.72. The van der Waals surface area contributed by atoms with Crippen LogP contribution in [0.5, 0.6) is 0 Å². The van der Waals surface area contributed by atoms with Crippen molar-refractivity contribution in [3.8, 4) is 0 Å². The summed E-state index contributed by atoms with van der Waals surface area (Å²) in [5, 5.41) is 8.23. The zero-order chi connectivity index (χ0) is 24.4. The van der Waals surface area contributed by atoms with Gasteiger partial charge >= 0.3 is 6.09 Å². The van der Waals surface area contributed by atoms with Crippen LogP contribution in [-0.2, 0) is 14.3 Å². The molecule has 3 amide bonds. The second-order valence-corrected chi connectivity index (χ2v) is 9.50. The fourth-order valence-electron chi connectivity index (χ4n) is 2.97. The largest absolute Gasteiger partial charge is 0.444 e. The zero-order valence-corrected chi connectivity index (χ0v) is 20.7. The third-order valence-electron chi connectivity index (χ3n) is 4.48. The summed E-state index contributed by atoms with van der Waals surface area (Å²) < 4.78 is 6.12. The first-order chi connectivity index (χ1) is 15.5. The first-order valence-electron chi connectivity index (χ1n) is 10.7. The van der Waals surface area contributed by atoms with E-state index in [1.807, 2.05) is 6.07 Å². The number of rotatable bonds is 9. The summed E-state index contributed by atoms with van der Waals surface area (Å²) in [6.07, 6.45) is 1.02. The first-order valence-corrected chi connectivity index (χ1v) is 11.5. The molecule has 1 atom stereocenters. The quantitative estimate of drug-likeness (QED) is 0.272. The number of nitrogen functional groups attached to an aromatic ring is 1. The van der Waals surface area contributed by atoms with E-state index in [1.54, 1.807) is 63.2 Å². The van der Waals surface area contributed by atoms with E-state index in [2.05, 4.69) is 31.9 Å². The molecule has 0 bridgehead atoms. The lowest BCUT2D eigenvalue weighted by Gasteiger charge is -2.23. The Morgan fingerprint density at radius 3 is 2.42 bits per heavy atom. The fourth-order valence-corrected chi connectivity index (χ4v) is 3.37. The molecule has 0 aromatic heterocycles. The number of amides is 3. The Morgan fingerprint density at radius 1 is 1.03 bits per heavy atom. The molecule has 2 aromatic rings. The Balaban J connectivity index is 1.92. The van der Waals surface area contributed by atoms with E-state index in [9.17, 15) is 14.4 Å². The molecule has 0 fully saturated rings. The molecule has 0 spiro atoms. The molecule has 0 saturated heterocycles. The number of carbonyl (C=O) groups excluding carboxylic acids is 3.